The third-order valence-electron chi connectivity index (χ3n) is 5.18. The fourth-order valence-corrected chi connectivity index (χ4v) is 3.72. The van der Waals surface area contributed by atoms with Crippen LogP contribution in [0.4, 0.5) is 0 Å². The van der Waals surface area contributed by atoms with E-state index in [0.717, 1.165) is 44.3 Å². The predicted molar refractivity (Wildman–Crippen MR) is 99.1 cm³/mol. The Kier molecular flexibility index (Phi) is 5.71. The summed E-state index contributed by atoms with van der Waals surface area (Å²) in [6, 6.07) is 17.0. The average molecular weight is 338 g/mol. The lowest BCUT2D eigenvalue weighted by molar-refractivity contribution is -0.124. The van der Waals surface area contributed by atoms with Gasteiger partial charge in [-0.2, -0.15) is 0 Å². The van der Waals surface area contributed by atoms with E-state index in [9.17, 15) is 9.90 Å². The second kappa shape index (κ2) is 8.17. The van der Waals surface area contributed by atoms with Crippen molar-refractivity contribution in [2.24, 2.45) is 11.7 Å². The summed E-state index contributed by atoms with van der Waals surface area (Å²) in [6.45, 7) is 1.81. The zero-order chi connectivity index (χ0) is 17.6. The van der Waals surface area contributed by atoms with Gasteiger partial charge < -0.3 is 10.8 Å². The minimum atomic E-state index is -0.320. The highest BCUT2D eigenvalue weighted by atomic mass is 16.3. The van der Waals surface area contributed by atoms with Gasteiger partial charge in [0.1, 0.15) is 11.8 Å². The first-order chi connectivity index (χ1) is 12.1. The molecular formula is C21H26N2O2. The lowest BCUT2D eigenvalue weighted by Gasteiger charge is -2.36. The number of nitrogens with zero attached hydrogens (tertiary/aromatic N) is 1. The molecule has 0 unspecified atom stereocenters. The number of carbonyl (C=O) groups excluding carboxylic acids is 1. The molecule has 25 heavy (non-hydrogen) atoms. The molecule has 4 nitrogen and oxygen atoms in total. The van der Waals surface area contributed by atoms with Crippen LogP contribution in [-0.2, 0) is 11.2 Å². The first-order valence-corrected chi connectivity index (χ1v) is 8.99. The quantitative estimate of drug-likeness (QED) is 0.849. The molecule has 3 rings (SSSR count). The van der Waals surface area contributed by atoms with Gasteiger partial charge in [0, 0.05) is 0 Å². The van der Waals surface area contributed by atoms with E-state index in [1.807, 2.05) is 42.5 Å². The number of likely N-dealkylation sites (tertiary alicyclic amines) is 1. The molecule has 0 saturated carbocycles. The Hall–Kier alpha value is -2.33. The predicted octanol–water partition coefficient (Wildman–Crippen LogP) is 3.26. The number of piperidine rings is 1. The van der Waals surface area contributed by atoms with Gasteiger partial charge >= 0.3 is 0 Å². The van der Waals surface area contributed by atoms with Gasteiger partial charge in [0.25, 0.3) is 0 Å². The fourth-order valence-electron chi connectivity index (χ4n) is 3.72. The normalized spacial score (nSPS) is 17.3. The molecule has 1 saturated heterocycles. The van der Waals surface area contributed by atoms with Crippen LogP contribution in [-0.4, -0.2) is 29.0 Å². The molecule has 1 atom stereocenters. The maximum atomic E-state index is 12.0. The molecule has 2 aromatic rings. The number of phenols is 1. The minimum absolute atomic E-state index is 0.270. The molecule has 0 radical (unpaired) electrons. The van der Waals surface area contributed by atoms with E-state index in [1.54, 1.807) is 12.1 Å². The Balaban J connectivity index is 1.53. The monoisotopic (exact) mass is 338 g/mol. The number of phenolic OH excluding ortho intramolecular Hbond substituents is 1. The third-order valence-corrected chi connectivity index (χ3v) is 5.18. The van der Waals surface area contributed by atoms with Crippen molar-refractivity contribution < 1.29 is 9.90 Å². The van der Waals surface area contributed by atoms with Crippen LogP contribution >= 0.6 is 0 Å². The summed E-state index contributed by atoms with van der Waals surface area (Å²) >= 11 is 0. The number of aromatic hydroxyl groups is 1. The van der Waals surface area contributed by atoms with E-state index >= 15 is 0 Å². The highest BCUT2D eigenvalue weighted by Crippen LogP contribution is 2.29. The van der Waals surface area contributed by atoms with E-state index in [0.29, 0.717) is 11.7 Å². The summed E-state index contributed by atoms with van der Waals surface area (Å²) < 4.78 is 0. The Morgan fingerprint density at radius 3 is 2.32 bits per heavy atom. The lowest BCUT2D eigenvalue weighted by Crippen LogP contribution is -2.42. The smallest absolute Gasteiger partial charge is 0.239 e. The second-order valence-corrected chi connectivity index (χ2v) is 6.90. The topological polar surface area (TPSA) is 66.6 Å². The molecule has 132 valence electrons. The van der Waals surface area contributed by atoms with Crippen molar-refractivity contribution in [1.82, 2.24) is 4.90 Å². The third kappa shape index (κ3) is 4.60. The van der Waals surface area contributed by atoms with Gasteiger partial charge in [-0.15, -0.1) is 0 Å². The number of aryl methyl sites for hydroxylation is 1. The van der Waals surface area contributed by atoms with Crippen LogP contribution in [0, 0.1) is 5.92 Å². The van der Waals surface area contributed by atoms with Gasteiger partial charge in [0.05, 0.1) is 0 Å². The summed E-state index contributed by atoms with van der Waals surface area (Å²) in [5.74, 6) is 0.721. The van der Waals surface area contributed by atoms with Gasteiger partial charge in [0.15, 0.2) is 0 Å². The highest BCUT2D eigenvalue weighted by molar-refractivity contribution is 5.81. The summed E-state index contributed by atoms with van der Waals surface area (Å²) in [5, 5.41) is 9.35. The number of hydrogen-bond acceptors (Lipinski definition) is 3. The van der Waals surface area contributed by atoms with Crippen molar-refractivity contribution in [3.63, 3.8) is 0 Å². The Labute approximate surface area is 149 Å². The van der Waals surface area contributed by atoms with Gasteiger partial charge in [-0.05, 0) is 68.0 Å². The summed E-state index contributed by atoms with van der Waals surface area (Å²) in [7, 11) is 0. The maximum Gasteiger partial charge on any atom is 0.239 e. The van der Waals surface area contributed by atoms with Crippen molar-refractivity contribution in [2.75, 3.05) is 13.1 Å². The fraction of sp³-hybridized carbons (Fsp3) is 0.381. The Bertz CT molecular complexity index is 677. The number of hydrogen-bond donors (Lipinski definition) is 2. The molecular weight excluding hydrogens is 312 g/mol. The molecule has 1 aliphatic rings. The van der Waals surface area contributed by atoms with Crippen LogP contribution in [0.2, 0.25) is 0 Å². The Morgan fingerprint density at radius 1 is 1.08 bits per heavy atom. The van der Waals surface area contributed by atoms with Crippen LogP contribution in [0.3, 0.4) is 0 Å². The molecule has 3 N–H and O–H groups in total. The molecule has 0 aromatic heterocycles. The number of primary amides is 1. The van der Waals surface area contributed by atoms with Crippen molar-refractivity contribution >= 4 is 5.91 Å². The van der Waals surface area contributed by atoms with Gasteiger partial charge in [-0.25, -0.2) is 0 Å². The number of benzene rings is 2. The minimum Gasteiger partial charge on any atom is -0.508 e. The van der Waals surface area contributed by atoms with Crippen molar-refractivity contribution in [1.29, 1.82) is 0 Å². The maximum absolute atomic E-state index is 12.0. The average Bonchev–Trinajstić information content (AvgIpc) is 2.63. The largest absolute Gasteiger partial charge is 0.508 e. The van der Waals surface area contributed by atoms with E-state index < -0.39 is 0 Å². The number of nitrogens with two attached hydrogens (primary N) is 1. The molecule has 4 heteroatoms. The zero-order valence-electron chi connectivity index (χ0n) is 14.5. The van der Waals surface area contributed by atoms with E-state index in [2.05, 4.69) is 4.90 Å². The van der Waals surface area contributed by atoms with Crippen molar-refractivity contribution in [3.8, 4) is 5.75 Å². The Morgan fingerprint density at radius 2 is 1.72 bits per heavy atom. The molecule has 0 aliphatic carbocycles. The first-order valence-electron chi connectivity index (χ1n) is 8.99. The SMILES string of the molecule is NC(=O)[C@@H](c1ccccc1)N1CCC(CCc2ccc(O)cc2)CC1. The van der Waals surface area contributed by atoms with Gasteiger partial charge in [0.2, 0.25) is 5.91 Å². The lowest BCUT2D eigenvalue weighted by atomic mass is 9.89. The van der Waals surface area contributed by atoms with E-state index in [-0.39, 0.29) is 11.9 Å². The molecule has 1 amide bonds. The van der Waals surface area contributed by atoms with E-state index in [4.69, 9.17) is 5.73 Å². The van der Waals surface area contributed by atoms with Crippen LogP contribution < -0.4 is 5.73 Å². The van der Waals surface area contributed by atoms with Gasteiger partial charge in [-0.3, -0.25) is 9.69 Å². The van der Waals surface area contributed by atoms with Crippen LogP contribution in [0.15, 0.2) is 54.6 Å². The van der Waals surface area contributed by atoms with Crippen molar-refractivity contribution in [3.05, 3.63) is 65.7 Å². The molecule has 0 spiro atoms. The summed E-state index contributed by atoms with van der Waals surface area (Å²) in [5.41, 5.74) is 7.93. The molecule has 1 fully saturated rings. The standard InChI is InChI=1S/C21H26N2O2/c22-21(25)20(18-4-2-1-3-5-18)23-14-12-17(13-15-23)7-6-16-8-10-19(24)11-9-16/h1-5,8-11,17,20,24H,6-7,12-15H2,(H2,22,25)/t20-/m1/s1. The molecule has 1 aliphatic heterocycles. The van der Waals surface area contributed by atoms with Gasteiger partial charge in [-0.1, -0.05) is 42.5 Å². The number of rotatable bonds is 6. The van der Waals surface area contributed by atoms with Crippen molar-refractivity contribution in [2.45, 2.75) is 31.7 Å². The van der Waals surface area contributed by atoms with Crippen LogP contribution in [0.5, 0.6) is 5.75 Å². The molecule has 0 bridgehead atoms. The highest BCUT2D eigenvalue weighted by Gasteiger charge is 2.29. The van der Waals surface area contributed by atoms with Crippen LogP contribution in [0.1, 0.15) is 36.4 Å². The first kappa shape index (κ1) is 17.5. The molecule has 1 heterocycles. The van der Waals surface area contributed by atoms with Crippen LogP contribution in [0.25, 0.3) is 0 Å². The second-order valence-electron chi connectivity index (χ2n) is 6.90. The zero-order valence-corrected chi connectivity index (χ0v) is 14.5. The summed E-state index contributed by atoms with van der Waals surface area (Å²) in [6.07, 6.45) is 4.36. The molecule has 2 aromatic carbocycles. The summed E-state index contributed by atoms with van der Waals surface area (Å²) in [4.78, 5) is 14.2. The number of amides is 1. The van der Waals surface area contributed by atoms with E-state index in [1.165, 1.54) is 5.56 Å². The number of carbonyl (C=O) groups is 1.